The SMILES string of the molecule is CCS(=O)CCNC(=O)N1CCC(CC(=O)O)CC1. The summed E-state index contributed by atoms with van der Waals surface area (Å²) in [6.45, 7) is 3.47. The first-order chi connectivity index (χ1) is 9.02. The molecule has 0 aromatic carbocycles. The van der Waals surface area contributed by atoms with Crippen molar-refractivity contribution >= 4 is 22.8 Å². The molecule has 1 unspecified atom stereocenters. The molecule has 1 atom stereocenters. The van der Waals surface area contributed by atoms with Gasteiger partial charge in [-0.3, -0.25) is 9.00 Å². The first-order valence-electron chi connectivity index (χ1n) is 6.62. The Kier molecular flexibility index (Phi) is 6.83. The van der Waals surface area contributed by atoms with E-state index in [9.17, 15) is 13.8 Å². The fraction of sp³-hybridized carbons (Fsp3) is 0.833. The minimum atomic E-state index is -0.859. The topological polar surface area (TPSA) is 86.7 Å². The second kappa shape index (κ2) is 8.14. The van der Waals surface area contributed by atoms with Crippen LogP contribution in [0, 0.1) is 5.92 Å². The zero-order valence-corrected chi connectivity index (χ0v) is 12.1. The molecule has 1 fully saturated rings. The van der Waals surface area contributed by atoms with Crippen molar-refractivity contribution in [2.45, 2.75) is 26.2 Å². The molecule has 2 amide bonds. The van der Waals surface area contributed by atoms with Crippen molar-refractivity contribution < 1.29 is 18.9 Å². The molecule has 6 nitrogen and oxygen atoms in total. The van der Waals surface area contributed by atoms with Gasteiger partial charge in [-0.25, -0.2) is 4.79 Å². The highest BCUT2D eigenvalue weighted by Crippen LogP contribution is 2.20. The van der Waals surface area contributed by atoms with Gasteiger partial charge in [0.05, 0.1) is 0 Å². The van der Waals surface area contributed by atoms with Crippen LogP contribution < -0.4 is 5.32 Å². The third-order valence-corrected chi connectivity index (χ3v) is 4.60. The lowest BCUT2D eigenvalue weighted by atomic mass is 9.94. The van der Waals surface area contributed by atoms with E-state index < -0.39 is 16.8 Å². The van der Waals surface area contributed by atoms with Crippen molar-refractivity contribution in [1.29, 1.82) is 0 Å². The molecule has 0 bridgehead atoms. The third-order valence-electron chi connectivity index (χ3n) is 3.29. The summed E-state index contributed by atoms with van der Waals surface area (Å²) in [6, 6.07) is -0.137. The van der Waals surface area contributed by atoms with Gasteiger partial charge in [0.25, 0.3) is 0 Å². The number of carboxylic acid groups (broad SMARTS) is 1. The third kappa shape index (κ3) is 6.04. The Morgan fingerprint density at radius 1 is 1.37 bits per heavy atom. The number of urea groups is 1. The van der Waals surface area contributed by atoms with Crippen LogP contribution in [0.15, 0.2) is 0 Å². The number of rotatable bonds is 6. The Hall–Kier alpha value is -1.11. The van der Waals surface area contributed by atoms with Crippen molar-refractivity contribution in [2.75, 3.05) is 31.1 Å². The van der Waals surface area contributed by atoms with E-state index in [4.69, 9.17) is 5.11 Å². The number of hydrogen-bond acceptors (Lipinski definition) is 3. The van der Waals surface area contributed by atoms with Gasteiger partial charge in [0.15, 0.2) is 0 Å². The first-order valence-corrected chi connectivity index (χ1v) is 8.11. The molecule has 7 heteroatoms. The average Bonchev–Trinajstić information content (AvgIpc) is 2.38. The van der Waals surface area contributed by atoms with Crippen LogP contribution in [0.5, 0.6) is 0 Å². The molecular formula is C12H22N2O4S. The standard InChI is InChI=1S/C12H22N2O4S/c1-2-19(18)8-5-13-12(17)14-6-3-10(4-7-14)9-11(15)16/h10H,2-9H2,1H3,(H,13,17)(H,15,16). The van der Waals surface area contributed by atoms with Crippen LogP contribution in [0.1, 0.15) is 26.2 Å². The highest BCUT2D eigenvalue weighted by Gasteiger charge is 2.23. The number of amides is 2. The maximum Gasteiger partial charge on any atom is 0.317 e. The Balaban J connectivity index is 2.21. The second-order valence-electron chi connectivity index (χ2n) is 4.69. The van der Waals surface area contributed by atoms with Gasteiger partial charge in [-0.2, -0.15) is 0 Å². The number of carbonyl (C=O) groups excluding carboxylic acids is 1. The smallest absolute Gasteiger partial charge is 0.317 e. The molecule has 19 heavy (non-hydrogen) atoms. The molecule has 1 aliphatic heterocycles. The maximum atomic E-state index is 11.8. The average molecular weight is 290 g/mol. The zero-order valence-electron chi connectivity index (χ0n) is 11.3. The van der Waals surface area contributed by atoms with Crippen LogP contribution in [0.2, 0.25) is 0 Å². The summed E-state index contributed by atoms with van der Waals surface area (Å²) in [6.07, 6.45) is 1.66. The molecule has 110 valence electrons. The lowest BCUT2D eigenvalue weighted by molar-refractivity contribution is -0.138. The Morgan fingerprint density at radius 3 is 2.53 bits per heavy atom. The quantitative estimate of drug-likeness (QED) is 0.752. The fourth-order valence-electron chi connectivity index (χ4n) is 2.12. The second-order valence-corrected chi connectivity index (χ2v) is 6.56. The van der Waals surface area contributed by atoms with Crippen LogP contribution in [0.25, 0.3) is 0 Å². The minimum absolute atomic E-state index is 0.137. The Labute approximate surface area is 116 Å². The molecule has 1 aliphatic rings. The van der Waals surface area contributed by atoms with Gasteiger partial charge in [-0.15, -0.1) is 0 Å². The Bertz CT molecular complexity index is 341. The van der Waals surface area contributed by atoms with Gasteiger partial charge >= 0.3 is 12.0 Å². The summed E-state index contributed by atoms with van der Waals surface area (Å²) in [5.41, 5.74) is 0. The Morgan fingerprint density at radius 2 is 2.00 bits per heavy atom. The number of likely N-dealkylation sites (tertiary alicyclic amines) is 1. The van der Waals surface area contributed by atoms with E-state index in [0.29, 0.717) is 31.1 Å². The largest absolute Gasteiger partial charge is 0.481 e. The van der Waals surface area contributed by atoms with Gasteiger partial charge in [0.1, 0.15) is 0 Å². The van der Waals surface area contributed by atoms with Crippen molar-refractivity contribution in [3.63, 3.8) is 0 Å². The van der Waals surface area contributed by atoms with E-state index in [2.05, 4.69) is 5.32 Å². The number of carbonyl (C=O) groups is 2. The molecule has 0 spiro atoms. The van der Waals surface area contributed by atoms with Crippen molar-refractivity contribution in [3.05, 3.63) is 0 Å². The molecule has 0 aliphatic carbocycles. The number of carboxylic acids is 1. The van der Waals surface area contributed by atoms with Crippen LogP contribution in [-0.4, -0.2) is 57.4 Å². The van der Waals surface area contributed by atoms with E-state index in [1.807, 2.05) is 6.92 Å². The number of nitrogens with one attached hydrogen (secondary N) is 1. The molecule has 1 heterocycles. The number of hydrogen-bond donors (Lipinski definition) is 2. The van der Waals surface area contributed by atoms with Gasteiger partial charge in [-0.1, -0.05) is 6.92 Å². The predicted octanol–water partition coefficient (Wildman–Crippen LogP) is 0.651. The van der Waals surface area contributed by atoms with Gasteiger partial charge < -0.3 is 15.3 Å². The summed E-state index contributed by atoms with van der Waals surface area (Å²) in [5, 5.41) is 11.5. The molecular weight excluding hydrogens is 268 g/mol. The van der Waals surface area contributed by atoms with E-state index in [0.717, 1.165) is 12.8 Å². The van der Waals surface area contributed by atoms with E-state index in [1.54, 1.807) is 4.90 Å². The monoisotopic (exact) mass is 290 g/mol. The van der Waals surface area contributed by atoms with Crippen molar-refractivity contribution in [3.8, 4) is 0 Å². The van der Waals surface area contributed by atoms with Crippen LogP contribution >= 0.6 is 0 Å². The van der Waals surface area contributed by atoms with Gasteiger partial charge in [0.2, 0.25) is 0 Å². The minimum Gasteiger partial charge on any atom is -0.481 e. The molecule has 0 saturated carbocycles. The summed E-state index contributed by atoms with van der Waals surface area (Å²) >= 11 is 0. The lowest BCUT2D eigenvalue weighted by Gasteiger charge is -2.31. The highest BCUT2D eigenvalue weighted by atomic mass is 32.2. The number of piperidine rings is 1. The van der Waals surface area contributed by atoms with E-state index in [1.165, 1.54) is 0 Å². The summed E-state index contributed by atoms with van der Waals surface area (Å²) < 4.78 is 11.2. The number of aliphatic carboxylic acids is 1. The lowest BCUT2D eigenvalue weighted by Crippen LogP contribution is -2.45. The van der Waals surface area contributed by atoms with E-state index >= 15 is 0 Å². The van der Waals surface area contributed by atoms with Crippen molar-refractivity contribution in [1.82, 2.24) is 10.2 Å². The molecule has 1 saturated heterocycles. The van der Waals surface area contributed by atoms with Gasteiger partial charge in [0, 0.05) is 48.4 Å². The first kappa shape index (κ1) is 15.9. The molecule has 0 aromatic heterocycles. The summed E-state index contributed by atoms with van der Waals surface area (Å²) in [4.78, 5) is 24.1. The van der Waals surface area contributed by atoms with Crippen LogP contribution in [0.4, 0.5) is 4.79 Å². The summed E-state index contributed by atoms with van der Waals surface area (Å²) in [5.74, 6) is 0.493. The molecule has 2 N–H and O–H groups in total. The zero-order chi connectivity index (χ0) is 14.3. The van der Waals surface area contributed by atoms with E-state index in [-0.39, 0.29) is 18.4 Å². The van der Waals surface area contributed by atoms with Crippen LogP contribution in [-0.2, 0) is 15.6 Å². The fourth-order valence-corrected chi connectivity index (χ4v) is 2.73. The van der Waals surface area contributed by atoms with Crippen LogP contribution in [0.3, 0.4) is 0 Å². The highest BCUT2D eigenvalue weighted by molar-refractivity contribution is 7.84. The van der Waals surface area contributed by atoms with Crippen molar-refractivity contribution in [2.24, 2.45) is 5.92 Å². The maximum absolute atomic E-state index is 11.8. The normalized spacial score (nSPS) is 18.1. The van der Waals surface area contributed by atoms with Gasteiger partial charge in [-0.05, 0) is 18.8 Å². The predicted molar refractivity (Wildman–Crippen MR) is 73.5 cm³/mol. The molecule has 0 radical (unpaired) electrons. The molecule has 1 rings (SSSR count). The number of nitrogens with zero attached hydrogens (tertiary/aromatic N) is 1. The summed E-state index contributed by atoms with van der Waals surface area (Å²) in [7, 11) is -0.859. The molecule has 0 aromatic rings.